The van der Waals surface area contributed by atoms with E-state index in [2.05, 4.69) is 0 Å². The molecule has 19 heavy (non-hydrogen) atoms. The normalized spacial score (nSPS) is 27.5. The zero-order chi connectivity index (χ0) is 14.2. The van der Waals surface area contributed by atoms with E-state index in [0.29, 0.717) is 19.4 Å². The van der Waals surface area contributed by atoms with Crippen molar-refractivity contribution in [3.8, 4) is 0 Å². The van der Waals surface area contributed by atoms with E-state index >= 15 is 0 Å². The zero-order valence-corrected chi connectivity index (χ0v) is 11.9. The number of carbonyl (C=O) groups excluding carboxylic acids is 3. The number of carbonyl (C=O) groups is 3. The van der Waals surface area contributed by atoms with Gasteiger partial charge >= 0.3 is 0 Å². The second-order valence-electron chi connectivity index (χ2n) is 5.73. The maximum absolute atomic E-state index is 12.5. The molecule has 2 saturated heterocycles. The van der Waals surface area contributed by atoms with E-state index in [1.807, 2.05) is 20.8 Å². The molecule has 0 radical (unpaired) electrons. The van der Waals surface area contributed by atoms with E-state index in [1.165, 1.54) is 9.80 Å². The fourth-order valence-electron chi connectivity index (χ4n) is 3.00. The standard InChI is InChI=1S/C14H22N2O3/c1-4-5-8-15-13(18)10-6-7-11(17)16(10)12(9(2)3)14(15)19/h9-10,12H,4-8H2,1-3H3/t10-,12-/m0/s1. The molecule has 0 unspecified atom stereocenters. The van der Waals surface area contributed by atoms with Crippen molar-refractivity contribution in [1.82, 2.24) is 9.80 Å². The van der Waals surface area contributed by atoms with Crippen molar-refractivity contribution in [2.45, 2.75) is 58.5 Å². The summed E-state index contributed by atoms with van der Waals surface area (Å²) in [5, 5.41) is 0. The topological polar surface area (TPSA) is 57.7 Å². The van der Waals surface area contributed by atoms with Gasteiger partial charge in [0, 0.05) is 13.0 Å². The molecule has 2 heterocycles. The summed E-state index contributed by atoms with van der Waals surface area (Å²) in [6.45, 7) is 6.37. The number of amides is 3. The van der Waals surface area contributed by atoms with Crippen LogP contribution in [0.15, 0.2) is 0 Å². The van der Waals surface area contributed by atoms with E-state index in [-0.39, 0.29) is 23.6 Å². The van der Waals surface area contributed by atoms with Crippen LogP contribution in [0.1, 0.15) is 46.5 Å². The Morgan fingerprint density at radius 2 is 1.89 bits per heavy atom. The zero-order valence-electron chi connectivity index (χ0n) is 11.9. The molecule has 2 aliphatic rings. The van der Waals surface area contributed by atoms with Crippen LogP contribution in [0.2, 0.25) is 0 Å². The Labute approximate surface area is 113 Å². The fraction of sp³-hybridized carbons (Fsp3) is 0.786. The first-order chi connectivity index (χ1) is 8.99. The van der Waals surface area contributed by atoms with Crippen molar-refractivity contribution >= 4 is 17.7 Å². The molecule has 0 aromatic carbocycles. The van der Waals surface area contributed by atoms with Crippen LogP contribution in [-0.2, 0) is 14.4 Å². The summed E-state index contributed by atoms with van der Waals surface area (Å²) in [6.07, 6.45) is 2.70. The largest absolute Gasteiger partial charge is 0.318 e. The number of hydrogen-bond acceptors (Lipinski definition) is 3. The molecule has 106 valence electrons. The lowest BCUT2D eigenvalue weighted by atomic mass is 9.96. The summed E-state index contributed by atoms with van der Waals surface area (Å²) in [6, 6.07) is -0.871. The summed E-state index contributed by atoms with van der Waals surface area (Å²) in [5.74, 6) is -0.393. The van der Waals surface area contributed by atoms with Gasteiger partial charge in [-0.2, -0.15) is 0 Å². The Balaban J connectivity index is 2.29. The minimum absolute atomic E-state index is 0.0364. The van der Waals surface area contributed by atoms with Crippen LogP contribution in [0, 0.1) is 5.92 Å². The van der Waals surface area contributed by atoms with Gasteiger partial charge in [-0.15, -0.1) is 0 Å². The first-order valence-corrected chi connectivity index (χ1v) is 7.15. The van der Waals surface area contributed by atoms with E-state index in [0.717, 1.165) is 12.8 Å². The van der Waals surface area contributed by atoms with Gasteiger partial charge in [-0.1, -0.05) is 27.2 Å². The molecule has 3 amide bonds. The van der Waals surface area contributed by atoms with Crippen molar-refractivity contribution in [2.75, 3.05) is 6.54 Å². The average molecular weight is 266 g/mol. The predicted octanol–water partition coefficient (Wildman–Crippen LogP) is 1.17. The molecular weight excluding hydrogens is 244 g/mol. The molecule has 0 saturated carbocycles. The van der Waals surface area contributed by atoms with Crippen LogP contribution >= 0.6 is 0 Å². The van der Waals surface area contributed by atoms with Crippen LogP contribution in [-0.4, -0.2) is 46.1 Å². The third-order valence-corrected chi connectivity index (χ3v) is 3.99. The van der Waals surface area contributed by atoms with E-state index in [4.69, 9.17) is 0 Å². The monoisotopic (exact) mass is 266 g/mol. The minimum atomic E-state index is -0.463. The van der Waals surface area contributed by atoms with E-state index in [9.17, 15) is 14.4 Å². The predicted molar refractivity (Wildman–Crippen MR) is 70.1 cm³/mol. The van der Waals surface area contributed by atoms with Crippen molar-refractivity contribution in [2.24, 2.45) is 5.92 Å². The number of piperazine rings is 1. The van der Waals surface area contributed by atoms with Gasteiger partial charge in [0.25, 0.3) is 11.8 Å². The van der Waals surface area contributed by atoms with Crippen LogP contribution in [0.3, 0.4) is 0 Å². The van der Waals surface area contributed by atoms with E-state index in [1.54, 1.807) is 0 Å². The Hall–Kier alpha value is -1.39. The van der Waals surface area contributed by atoms with Crippen LogP contribution in [0.4, 0.5) is 0 Å². The van der Waals surface area contributed by atoms with Crippen molar-refractivity contribution < 1.29 is 14.4 Å². The first kappa shape index (κ1) is 14.0. The van der Waals surface area contributed by atoms with Gasteiger partial charge in [-0.25, -0.2) is 0 Å². The third kappa shape index (κ3) is 2.26. The minimum Gasteiger partial charge on any atom is -0.318 e. The molecule has 0 aromatic heterocycles. The van der Waals surface area contributed by atoms with E-state index < -0.39 is 12.1 Å². The number of nitrogens with zero attached hydrogens (tertiary/aromatic N) is 2. The van der Waals surface area contributed by atoms with Crippen molar-refractivity contribution in [3.05, 3.63) is 0 Å². The lowest BCUT2D eigenvalue weighted by molar-refractivity contribution is -0.165. The maximum Gasteiger partial charge on any atom is 0.252 e. The quantitative estimate of drug-likeness (QED) is 0.718. The molecule has 0 aliphatic carbocycles. The summed E-state index contributed by atoms with van der Waals surface area (Å²) < 4.78 is 0. The average Bonchev–Trinajstić information content (AvgIpc) is 2.71. The van der Waals surface area contributed by atoms with Gasteiger partial charge in [0.15, 0.2) is 0 Å². The number of hydrogen-bond donors (Lipinski definition) is 0. The highest BCUT2D eigenvalue weighted by atomic mass is 16.2. The van der Waals surface area contributed by atoms with Gasteiger partial charge in [-0.05, 0) is 18.8 Å². The highest BCUT2D eigenvalue weighted by Gasteiger charge is 2.51. The molecule has 0 N–H and O–H groups in total. The highest BCUT2D eigenvalue weighted by molar-refractivity contribution is 6.07. The van der Waals surface area contributed by atoms with Gasteiger partial charge in [0.2, 0.25) is 5.91 Å². The summed E-state index contributed by atoms with van der Waals surface area (Å²) >= 11 is 0. The second kappa shape index (κ2) is 5.31. The fourth-order valence-corrected chi connectivity index (χ4v) is 3.00. The van der Waals surface area contributed by atoms with Crippen LogP contribution in [0.5, 0.6) is 0 Å². The number of unbranched alkanes of at least 4 members (excludes halogenated alkanes) is 1. The van der Waals surface area contributed by atoms with Crippen molar-refractivity contribution in [1.29, 1.82) is 0 Å². The Morgan fingerprint density at radius 1 is 1.21 bits per heavy atom. The number of fused-ring (bicyclic) bond motifs is 1. The lowest BCUT2D eigenvalue weighted by Crippen LogP contribution is -2.65. The molecule has 2 rings (SSSR count). The third-order valence-electron chi connectivity index (χ3n) is 3.99. The summed E-state index contributed by atoms with van der Waals surface area (Å²) in [4.78, 5) is 39.7. The maximum atomic E-state index is 12.5. The molecule has 0 spiro atoms. The van der Waals surface area contributed by atoms with Crippen molar-refractivity contribution in [3.63, 3.8) is 0 Å². The van der Waals surface area contributed by atoms with Gasteiger partial charge in [0.05, 0.1) is 0 Å². The lowest BCUT2D eigenvalue weighted by Gasteiger charge is -2.43. The summed E-state index contributed by atoms with van der Waals surface area (Å²) in [5.41, 5.74) is 0. The van der Waals surface area contributed by atoms with Gasteiger partial charge < -0.3 is 4.90 Å². The van der Waals surface area contributed by atoms with Gasteiger partial charge in [-0.3, -0.25) is 19.3 Å². The first-order valence-electron chi connectivity index (χ1n) is 7.15. The number of rotatable bonds is 4. The highest BCUT2D eigenvalue weighted by Crippen LogP contribution is 2.31. The van der Waals surface area contributed by atoms with Crippen LogP contribution in [0.25, 0.3) is 0 Å². The smallest absolute Gasteiger partial charge is 0.252 e. The van der Waals surface area contributed by atoms with Crippen LogP contribution < -0.4 is 0 Å². The summed E-state index contributed by atoms with van der Waals surface area (Å²) in [7, 11) is 0. The number of imide groups is 1. The second-order valence-corrected chi connectivity index (χ2v) is 5.73. The molecule has 5 nitrogen and oxygen atoms in total. The molecule has 2 aliphatic heterocycles. The molecule has 0 aromatic rings. The Bertz CT molecular complexity index is 405. The molecule has 5 heteroatoms. The SMILES string of the molecule is CCCCN1C(=O)[C@H](C(C)C)N2C(=O)CC[C@H]2C1=O. The Morgan fingerprint density at radius 3 is 2.47 bits per heavy atom. The van der Waals surface area contributed by atoms with Gasteiger partial charge in [0.1, 0.15) is 12.1 Å². The molecule has 2 atom stereocenters. The Kier molecular flexibility index (Phi) is 3.92. The molecular formula is C14H22N2O3. The molecule has 2 fully saturated rings. The molecule has 0 bridgehead atoms.